The molecule has 2 aromatic rings. The van der Waals surface area contributed by atoms with Crippen molar-refractivity contribution in [2.75, 3.05) is 17.7 Å². The zero-order valence-electron chi connectivity index (χ0n) is 11.3. The number of nitrogens with one attached hydrogen (secondary N) is 2. The van der Waals surface area contributed by atoms with Gasteiger partial charge in [0.2, 0.25) is 5.91 Å². The van der Waals surface area contributed by atoms with Gasteiger partial charge in [0.25, 0.3) is 0 Å². The molecular formula is C12H11Cl2N5O3. The van der Waals surface area contributed by atoms with Crippen molar-refractivity contribution in [1.29, 1.82) is 0 Å². The number of hydrogen-bond acceptors (Lipinski definition) is 5. The van der Waals surface area contributed by atoms with Crippen molar-refractivity contribution in [1.82, 2.24) is 15.0 Å². The molecule has 0 spiro atoms. The van der Waals surface area contributed by atoms with Gasteiger partial charge in [0.05, 0.1) is 29.0 Å². The van der Waals surface area contributed by atoms with E-state index in [2.05, 4.69) is 25.7 Å². The lowest BCUT2D eigenvalue weighted by Crippen LogP contribution is -2.19. The van der Waals surface area contributed by atoms with E-state index in [1.54, 1.807) is 18.2 Å². The van der Waals surface area contributed by atoms with Gasteiger partial charge in [-0.2, -0.15) is 0 Å². The number of amides is 2. The minimum Gasteiger partial charge on any atom is -0.453 e. The Balaban J connectivity index is 1.99. The first-order valence-corrected chi connectivity index (χ1v) is 6.74. The van der Waals surface area contributed by atoms with Gasteiger partial charge in [-0.25, -0.2) is 9.48 Å². The molecule has 2 N–H and O–H groups in total. The quantitative estimate of drug-likeness (QED) is 0.888. The number of benzene rings is 1. The molecule has 22 heavy (non-hydrogen) atoms. The molecule has 0 unspecified atom stereocenters. The van der Waals surface area contributed by atoms with Crippen LogP contribution < -0.4 is 10.6 Å². The largest absolute Gasteiger partial charge is 0.453 e. The molecule has 0 bridgehead atoms. The summed E-state index contributed by atoms with van der Waals surface area (Å²) in [7, 11) is 1.22. The van der Waals surface area contributed by atoms with Gasteiger partial charge in [0.1, 0.15) is 6.54 Å². The van der Waals surface area contributed by atoms with Crippen molar-refractivity contribution >= 4 is 46.7 Å². The van der Waals surface area contributed by atoms with Crippen LogP contribution in [0.25, 0.3) is 0 Å². The van der Waals surface area contributed by atoms with E-state index in [1.165, 1.54) is 18.0 Å². The minimum atomic E-state index is -0.681. The van der Waals surface area contributed by atoms with Gasteiger partial charge in [-0.3, -0.25) is 10.1 Å². The fourth-order valence-corrected chi connectivity index (χ4v) is 2.02. The van der Waals surface area contributed by atoms with Gasteiger partial charge in [-0.05, 0) is 12.1 Å². The molecule has 0 atom stereocenters. The molecule has 1 aromatic carbocycles. The number of hydrogen-bond donors (Lipinski definition) is 2. The summed E-state index contributed by atoms with van der Waals surface area (Å²) in [5, 5.41) is 12.9. The Labute approximate surface area is 135 Å². The molecule has 10 heteroatoms. The predicted molar refractivity (Wildman–Crippen MR) is 81.1 cm³/mol. The summed E-state index contributed by atoms with van der Waals surface area (Å²) in [4.78, 5) is 23.0. The van der Waals surface area contributed by atoms with Gasteiger partial charge in [0, 0.05) is 0 Å². The molecule has 0 fully saturated rings. The van der Waals surface area contributed by atoms with Gasteiger partial charge in [-0.15, -0.1) is 5.10 Å². The topological polar surface area (TPSA) is 98.1 Å². The maximum Gasteiger partial charge on any atom is 0.412 e. The molecule has 0 aliphatic carbocycles. The van der Waals surface area contributed by atoms with Crippen LogP contribution in [0.2, 0.25) is 10.0 Å². The number of nitrogens with zero attached hydrogens (tertiary/aromatic N) is 3. The minimum absolute atomic E-state index is 0.128. The molecule has 0 saturated carbocycles. The second-order valence-corrected chi connectivity index (χ2v) is 4.88. The lowest BCUT2D eigenvalue weighted by molar-refractivity contribution is -0.116. The number of carbonyl (C=O) groups excluding carboxylic acids is 2. The Bertz CT molecular complexity index is 684. The van der Waals surface area contributed by atoms with Gasteiger partial charge in [0.15, 0.2) is 5.82 Å². The van der Waals surface area contributed by atoms with Crippen molar-refractivity contribution in [2.24, 2.45) is 0 Å². The highest BCUT2D eigenvalue weighted by molar-refractivity contribution is 6.39. The number of methoxy groups -OCH3 is 1. The average Bonchev–Trinajstić information content (AvgIpc) is 2.90. The van der Waals surface area contributed by atoms with E-state index in [0.29, 0.717) is 15.7 Å². The van der Waals surface area contributed by atoms with Crippen molar-refractivity contribution in [2.45, 2.75) is 6.54 Å². The molecular weight excluding hydrogens is 333 g/mol. The Morgan fingerprint density at radius 1 is 1.27 bits per heavy atom. The smallest absolute Gasteiger partial charge is 0.412 e. The standard InChI is InChI=1S/C12H11Cl2N5O3/c1-22-12(21)15-9-5-19(18-17-9)6-10(20)16-11-7(13)3-2-4-8(11)14/h2-5H,6H2,1H3,(H,15,21)(H,16,20). The van der Waals surface area contributed by atoms with E-state index in [0.717, 1.165) is 0 Å². The summed E-state index contributed by atoms with van der Waals surface area (Å²) in [6.45, 7) is -0.128. The Hall–Kier alpha value is -2.32. The summed E-state index contributed by atoms with van der Waals surface area (Å²) >= 11 is 11.9. The maximum absolute atomic E-state index is 11.9. The molecule has 0 saturated heterocycles. The molecule has 2 amide bonds. The molecule has 0 radical (unpaired) electrons. The van der Waals surface area contributed by atoms with E-state index in [1.807, 2.05) is 0 Å². The highest BCUT2D eigenvalue weighted by Crippen LogP contribution is 2.29. The number of aromatic nitrogens is 3. The summed E-state index contributed by atoms with van der Waals surface area (Å²) in [6, 6.07) is 4.89. The monoisotopic (exact) mass is 343 g/mol. The molecule has 116 valence electrons. The third-order valence-electron chi connectivity index (χ3n) is 2.49. The Kier molecular flexibility index (Phi) is 5.18. The summed E-state index contributed by atoms with van der Waals surface area (Å²) in [5.41, 5.74) is 0.323. The number of ether oxygens (including phenoxy) is 1. The Morgan fingerprint density at radius 3 is 2.59 bits per heavy atom. The molecule has 1 aromatic heterocycles. The van der Waals surface area contributed by atoms with E-state index >= 15 is 0 Å². The maximum atomic E-state index is 11.9. The first kappa shape index (κ1) is 16.1. The summed E-state index contributed by atoms with van der Waals surface area (Å²) in [5.74, 6) is -0.236. The number of halogens is 2. The second kappa shape index (κ2) is 7.10. The first-order chi connectivity index (χ1) is 10.5. The number of rotatable bonds is 4. The SMILES string of the molecule is COC(=O)Nc1cn(CC(=O)Nc2c(Cl)cccc2Cl)nn1. The van der Waals surface area contributed by atoms with E-state index in [9.17, 15) is 9.59 Å². The summed E-state index contributed by atoms with van der Waals surface area (Å²) in [6.07, 6.45) is 0.699. The molecule has 0 aliphatic rings. The number of anilines is 2. The highest BCUT2D eigenvalue weighted by Gasteiger charge is 2.12. The lowest BCUT2D eigenvalue weighted by atomic mass is 10.3. The first-order valence-electron chi connectivity index (χ1n) is 5.98. The third-order valence-corrected chi connectivity index (χ3v) is 3.12. The van der Waals surface area contributed by atoms with Crippen LogP contribution in [-0.2, 0) is 16.1 Å². The molecule has 1 heterocycles. The van der Waals surface area contributed by atoms with Crippen LogP contribution in [0.4, 0.5) is 16.3 Å². The van der Waals surface area contributed by atoms with Gasteiger partial charge >= 0.3 is 6.09 Å². The van der Waals surface area contributed by atoms with Crippen molar-refractivity contribution < 1.29 is 14.3 Å². The van der Waals surface area contributed by atoms with Crippen molar-refractivity contribution in [3.05, 3.63) is 34.4 Å². The molecule has 0 aliphatic heterocycles. The van der Waals surface area contributed by atoms with E-state index in [4.69, 9.17) is 23.2 Å². The van der Waals surface area contributed by atoms with Crippen LogP contribution in [0.1, 0.15) is 0 Å². The van der Waals surface area contributed by atoms with Crippen LogP contribution in [0, 0.1) is 0 Å². The van der Waals surface area contributed by atoms with Crippen molar-refractivity contribution in [3.8, 4) is 0 Å². The van der Waals surface area contributed by atoms with Gasteiger partial charge in [-0.1, -0.05) is 34.5 Å². The number of carbonyl (C=O) groups is 2. The zero-order chi connectivity index (χ0) is 16.1. The molecule has 8 nitrogen and oxygen atoms in total. The second-order valence-electron chi connectivity index (χ2n) is 4.06. The van der Waals surface area contributed by atoms with Crippen LogP contribution in [0.5, 0.6) is 0 Å². The van der Waals surface area contributed by atoms with E-state index in [-0.39, 0.29) is 12.4 Å². The van der Waals surface area contributed by atoms with Gasteiger partial charge < -0.3 is 10.1 Å². The fourth-order valence-electron chi connectivity index (χ4n) is 1.53. The fraction of sp³-hybridized carbons (Fsp3) is 0.167. The predicted octanol–water partition coefficient (Wildman–Crippen LogP) is 2.40. The van der Waals surface area contributed by atoms with Crippen molar-refractivity contribution in [3.63, 3.8) is 0 Å². The normalized spacial score (nSPS) is 10.1. The van der Waals surface area contributed by atoms with Crippen LogP contribution in [-0.4, -0.2) is 34.1 Å². The zero-order valence-corrected chi connectivity index (χ0v) is 12.9. The number of para-hydroxylation sites is 1. The average molecular weight is 344 g/mol. The third kappa shape index (κ3) is 4.09. The van der Waals surface area contributed by atoms with Crippen LogP contribution >= 0.6 is 23.2 Å². The van der Waals surface area contributed by atoms with Crippen LogP contribution in [0.3, 0.4) is 0 Å². The van der Waals surface area contributed by atoms with E-state index < -0.39 is 12.0 Å². The Morgan fingerprint density at radius 2 is 1.95 bits per heavy atom. The lowest BCUT2D eigenvalue weighted by Gasteiger charge is -2.08. The highest BCUT2D eigenvalue weighted by atomic mass is 35.5. The van der Waals surface area contributed by atoms with Crippen LogP contribution in [0.15, 0.2) is 24.4 Å². The molecule has 2 rings (SSSR count). The summed E-state index contributed by atoms with van der Waals surface area (Å²) < 4.78 is 5.66.